The average Bonchev–Trinajstić information content (AvgIpc) is 2.07. The van der Waals surface area contributed by atoms with Crippen molar-refractivity contribution in [3.63, 3.8) is 0 Å². The fourth-order valence-corrected chi connectivity index (χ4v) is 0.604. The van der Waals surface area contributed by atoms with E-state index in [1.807, 2.05) is 13.1 Å². The molecule has 0 saturated carbocycles. The highest BCUT2D eigenvalue weighted by Crippen LogP contribution is 1.99. The summed E-state index contributed by atoms with van der Waals surface area (Å²) < 4.78 is 19.2. The maximum Gasteiger partial charge on any atom is 0.331 e. The van der Waals surface area contributed by atoms with E-state index in [0.29, 0.717) is 0 Å². The van der Waals surface area contributed by atoms with E-state index >= 15 is 0 Å². The van der Waals surface area contributed by atoms with E-state index in [-0.39, 0.29) is 0 Å². The Morgan fingerprint density at radius 1 is 0.833 bits per heavy atom. The van der Waals surface area contributed by atoms with Crippen molar-refractivity contribution in [3.05, 3.63) is 0 Å². The molecule has 0 aromatic rings. The van der Waals surface area contributed by atoms with Gasteiger partial charge in [-0.2, -0.15) is 0 Å². The topological polar surface area (TPSA) is 36.9 Å². The highest BCUT2D eigenvalue weighted by atomic mass is 28.4. The van der Waals surface area contributed by atoms with E-state index in [1.165, 1.54) is 0 Å². The van der Waals surface area contributed by atoms with Crippen molar-refractivity contribution in [2.75, 3.05) is 28.4 Å². The van der Waals surface area contributed by atoms with Crippen LogP contribution in [0.25, 0.3) is 0 Å². The summed E-state index contributed by atoms with van der Waals surface area (Å²) >= 11 is 0. The third-order valence-corrected chi connectivity index (χ3v) is 3.66. The maximum absolute atomic E-state index is 5.00. The Kier molecular flexibility index (Phi) is 11.5. The molecule has 0 fully saturated rings. The first-order valence-corrected chi connectivity index (χ1v) is 7.59. The molecule has 6 heteroatoms. The second-order valence-corrected chi connectivity index (χ2v) is 7.51. The van der Waals surface area contributed by atoms with Gasteiger partial charge in [-0.15, -0.1) is 0 Å². The molecular weight excluding hydrogens is 192 g/mol. The minimum atomic E-state index is -1.65. The Labute approximate surface area is 78.5 Å². The Morgan fingerprint density at radius 2 is 1.17 bits per heavy atom. The Balaban J connectivity index is 0. The van der Waals surface area contributed by atoms with Gasteiger partial charge in [-0.1, -0.05) is 0 Å². The van der Waals surface area contributed by atoms with Gasteiger partial charge in [0.1, 0.15) is 0 Å². The molecule has 0 aliphatic rings. The van der Waals surface area contributed by atoms with E-state index in [9.17, 15) is 0 Å². The largest absolute Gasteiger partial charge is 0.402 e. The molecule has 0 aliphatic heterocycles. The Hall–Kier alpha value is 0.274. The van der Waals surface area contributed by atoms with E-state index in [2.05, 4.69) is 8.85 Å². The standard InChI is InChI=1S/C4H12O2Si.C2H8O2Si/c1-5-7(3,4)6-2;1-3-5-4-2/h1-4H3;5H2,1-2H3. The van der Waals surface area contributed by atoms with Gasteiger partial charge in [-0.25, -0.2) is 0 Å². The lowest BCUT2D eigenvalue weighted by Gasteiger charge is -2.15. The zero-order chi connectivity index (χ0) is 10.0. The Morgan fingerprint density at radius 3 is 1.17 bits per heavy atom. The normalized spacial score (nSPS) is 10.5. The molecule has 4 nitrogen and oxygen atoms in total. The van der Waals surface area contributed by atoms with Gasteiger partial charge < -0.3 is 17.7 Å². The molecule has 0 atom stereocenters. The van der Waals surface area contributed by atoms with Crippen LogP contribution in [-0.4, -0.2) is 47.0 Å². The molecule has 0 radical (unpaired) electrons. The molecular formula is C6H20O4Si2. The second-order valence-electron chi connectivity index (χ2n) is 2.50. The maximum atomic E-state index is 5.00. The first kappa shape index (κ1) is 14.8. The van der Waals surface area contributed by atoms with E-state index in [4.69, 9.17) is 8.85 Å². The van der Waals surface area contributed by atoms with Crippen molar-refractivity contribution >= 4 is 18.6 Å². The van der Waals surface area contributed by atoms with Gasteiger partial charge >= 0.3 is 18.6 Å². The third kappa shape index (κ3) is 12.9. The van der Waals surface area contributed by atoms with Gasteiger partial charge in [0.05, 0.1) is 0 Å². The summed E-state index contributed by atoms with van der Waals surface area (Å²) in [6.07, 6.45) is 0. The molecule has 0 unspecified atom stereocenters. The molecule has 0 spiro atoms. The van der Waals surface area contributed by atoms with Gasteiger partial charge in [-0.3, -0.25) is 0 Å². The molecule has 0 amide bonds. The molecule has 0 saturated heterocycles. The van der Waals surface area contributed by atoms with Crippen molar-refractivity contribution in [2.45, 2.75) is 13.1 Å². The van der Waals surface area contributed by atoms with Crippen LogP contribution in [0.4, 0.5) is 0 Å². The van der Waals surface area contributed by atoms with Crippen molar-refractivity contribution in [1.29, 1.82) is 0 Å². The first-order valence-electron chi connectivity index (χ1n) is 3.62. The van der Waals surface area contributed by atoms with Gasteiger partial charge in [0.2, 0.25) is 0 Å². The molecule has 0 bridgehead atoms. The number of hydrogen-bond donors (Lipinski definition) is 0. The van der Waals surface area contributed by atoms with Crippen LogP contribution in [0.5, 0.6) is 0 Å². The molecule has 12 heavy (non-hydrogen) atoms. The fourth-order valence-electron chi connectivity index (χ4n) is 0.201. The summed E-state index contributed by atoms with van der Waals surface area (Å²) in [4.78, 5) is 0. The van der Waals surface area contributed by atoms with Crippen LogP contribution in [0.2, 0.25) is 13.1 Å². The van der Waals surface area contributed by atoms with Gasteiger partial charge in [0.15, 0.2) is 0 Å². The number of hydrogen-bond acceptors (Lipinski definition) is 4. The number of rotatable bonds is 4. The zero-order valence-electron chi connectivity index (χ0n) is 8.84. The molecule has 0 aliphatic carbocycles. The van der Waals surface area contributed by atoms with Crippen LogP contribution in [-0.2, 0) is 17.7 Å². The van der Waals surface area contributed by atoms with Gasteiger partial charge in [0, 0.05) is 28.4 Å². The fraction of sp³-hybridized carbons (Fsp3) is 1.00. The van der Waals surface area contributed by atoms with Crippen molar-refractivity contribution in [1.82, 2.24) is 0 Å². The Bertz CT molecular complexity index is 81.6. The lowest BCUT2D eigenvalue weighted by molar-refractivity contribution is 0.258. The van der Waals surface area contributed by atoms with Gasteiger partial charge in [0.25, 0.3) is 0 Å². The van der Waals surface area contributed by atoms with E-state index in [1.54, 1.807) is 28.4 Å². The summed E-state index contributed by atoms with van der Waals surface area (Å²) in [7, 11) is 4.43. The average molecular weight is 212 g/mol. The predicted octanol–water partition coefficient (Wildman–Crippen LogP) is 0.259. The van der Waals surface area contributed by atoms with Crippen LogP contribution >= 0.6 is 0 Å². The first-order chi connectivity index (χ1) is 5.54. The van der Waals surface area contributed by atoms with Crippen LogP contribution in [0.1, 0.15) is 0 Å². The lowest BCUT2D eigenvalue weighted by atomic mass is 11.8. The molecule has 0 aromatic carbocycles. The van der Waals surface area contributed by atoms with Crippen molar-refractivity contribution in [2.24, 2.45) is 0 Å². The SMILES string of the molecule is CO[SiH2]OC.CO[Si](C)(C)OC. The highest BCUT2D eigenvalue weighted by Gasteiger charge is 2.19. The zero-order valence-corrected chi connectivity index (χ0v) is 11.3. The summed E-state index contributed by atoms with van der Waals surface area (Å²) in [6.45, 7) is 3.99. The molecule has 0 heterocycles. The smallest absolute Gasteiger partial charge is 0.331 e. The second kappa shape index (κ2) is 9.36. The molecule has 76 valence electrons. The van der Waals surface area contributed by atoms with Crippen molar-refractivity contribution < 1.29 is 17.7 Å². The quantitative estimate of drug-likeness (QED) is 0.627. The van der Waals surface area contributed by atoms with Crippen LogP contribution < -0.4 is 0 Å². The lowest BCUT2D eigenvalue weighted by Crippen LogP contribution is -2.31. The van der Waals surface area contributed by atoms with Gasteiger partial charge in [-0.05, 0) is 13.1 Å². The monoisotopic (exact) mass is 212 g/mol. The van der Waals surface area contributed by atoms with E-state index < -0.39 is 18.6 Å². The third-order valence-electron chi connectivity index (χ3n) is 1.22. The van der Waals surface area contributed by atoms with Crippen LogP contribution in [0.15, 0.2) is 0 Å². The summed E-state index contributed by atoms with van der Waals surface area (Å²) in [6, 6.07) is 0. The molecule has 0 rings (SSSR count). The summed E-state index contributed by atoms with van der Waals surface area (Å²) in [5.41, 5.74) is 0. The summed E-state index contributed by atoms with van der Waals surface area (Å²) in [5, 5.41) is 0. The van der Waals surface area contributed by atoms with Crippen LogP contribution in [0.3, 0.4) is 0 Å². The minimum absolute atomic E-state index is 0.568. The molecule has 0 aromatic heterocycles. The highest BCUT2D eigenvalue weighted by molar-refractivity contribution is 6.64. The summed E-state index contributed by atoms with van der Waals surface area (Å²) in [5.74, 6) is 0. The van der Waals surface area contributed by atoms with Crippen LogP contribution in [0, 0.1) is 0 Å². The van der Waals surface area contributed by atoms with Crippen molar-refractivity contribution in [3.8, 4) is 0 Å². The van der Waals surface area contributed by atoms with E-state index in [0.717, 1.165) is 0 Å². The minimum Gasteiger partial charge on any atom is -0.402 e. The predicted molar refractivity (Wildman–Crippen MR) is 54.1 cm³/mol. The molecule has 0 N–H and O–H groups in total.